The lowest BCUT2D eigenvalue weighted by Crippen LogP contribution is -2.30. The topological polar surface area (TPSA) is 38.7 Å². The van der Waals surface area contributed by atoms with Gasteiger partial charge in [0.1, 0.15) is 12.4 Å². The summed E-state index contributed by atoms with van der Waals surface area (Å²) >= 11 is 0. The SMILES string of the molecule is CC1(C)CC(=C(c2ccccc2)c2ccc(OCCOCCO)cc2)CC(C)(C)C1. The normalized spacial score (nSPS) is 17.6. The summed E-state index contributed by atoms with van der Waals surface area (Å²) < 4.78 is 11.0. The number of rotatable bonds is 8. The smallest absolute Gasteiger partial charge is 0.119 e. The van der Waals surface area contributed by atoms with Crippen molar-refractivity contribution in [2.45, 2.75) is 47.0 Å². The lowest BCUT2D eigenvalue weighted by molar-refractivity contribution is 0.0705. The number of allylic oxidation sites excluding steroid dienone is 1. The third-order valence-electron chi connectivity index (χ3n) is 5.63. The molecule has 2 aromatic carbocycles. The molecule has 30 heavy (non-hydrogen) atoms. The van der Waals surface area contributed by atoms with Gasteiger partial charge in [0.05, 0.1) is 19.8 Å². The average Bonchev–Trinajstić information content (AvgIpc) is 2.68. The molecule has 0 radical (unpaired) electrons. The molecule has 2 aromatic rings. The number of hydrogen-bond donors (Lipinski definition) is 1. The Bertz CT molecular complexity index is 814. The fraction of sp³-hybridized carbons (Fsp3) is 0.481. The summed E-state index contributed by atoms with van der Waals surface area (Å²) in [6.07, 6.45) is 3.50. The van der Waals surface area contributed by atoms with E-state index < -0.39 is 0 Å². The van der Waals surface area contributed by atoms with E-state index in [1.165, 1.54) is 23.1 Å². The second kappa shape index (κ2) is 9.80. The van der Waals surface area contributed by atoms with Gasteiger partial charge in [0.2, 0.25) is 0 Å². The van der Waals surface area contributed by atoms with E-state index in [0.717, 1.165) is 18.6 Å². The number of aliphatic hydroxyl groups is 1. The van der Waals surface area contributed by atoms with Crippen LogP contribution in [0.25, 0.3) is 5.57 Å². The van der Waals surface area contributed by atoms with E-state index in [1.807, 2.05) is 12.1 Å². The van der Waals surface area contributed by atoms with Gasteiger partial charge < -0.3 is 14.6 Å². The maximum Gasteiger partial charge on any atom is 0.119 e. The fourth-order valence-electron chi connectivity index (χ4n) is 5.10. The second-order valence-electron chi connectivity index (χ2n) is 9.91. The average molecular weight is 409 g/mol. The van der Waals surface area contributed by atoms with Gasteiger partial charge in [-0.1, -0.05) is 75.7 Å². The molecule has 3 nitrogen and oxygen atoms in total. The lowest BCUT2D eigenvalue weighted by atomic mass is 9.62. The molecule has 0 unspecified atom stereocenters. The Balaban J connectivity index is 1.89. The molecule has 1 fully saturated rings. The molecule has 1 N–H and O–H groups in total. The van der Waals surface area contributed by atoms with E-state index in [1.54, 1.807) is 5.57 Å². The predicted molar refractivity (Wildman–Crippen MR) is 124 cm³/mol. The van der Waals surface area contributed by atoms with Crippen LogP contribution in [0.2, 0.25) is 0 Å². The summed E-state index contributed by atoms with van der Waals surface area (Å²) in [5, 5.41) is 8.76. The molecular weight excluding hydrogens is 372 g/mol. The van der Waals surface area contributed by atoms with E-state index in [0.29, 0.717) is 30.7 Å². The van der Waals surface area contributed by atoms with Gasteiger partial charge in [-0.3, -0.25) is 0 Å². The van der Waals surface area contributed by atoms with E-state index in [4.69, 9.17) is 14.6 Å². The fourth-order valence-corrected chi connectivity index (χ4v) is 5.10. The molecule has 3 rings (SSSR count). The molecular formula is C27H36O3. The zero-order chi connectivity index (χ0) is 21.6. The van der Waals surface area contributed by atoms with Crippen molar-refractivity contribution in [2.24, 2.45) is 10.8 Å². The van der Waals surface area contributed by atoms with Gasteiger partial charge in [0, 0.05) is 0 Å². The van der Waals surface area contributed by atoms with Crippen LogP contribution in [0.1, 0.15) is 58.1 Å². The Labute approximate surface area is 181 Å². The second-order valence-corrected chi connectivity index (χ2v) is 9.91. The van der Waals surface area contributed by atoms with Crippen molar-refractivity contribution in [2.75, 3.05) is 26.4 Å². The van der Waals surface area contributed by atoms with E-state index >= 15 is 0 Å². The number of aliphatic hydroxyl groups excluding tert-OH is 1. The first kappa shape index (κ1) is 22.6. The zero-order valence-electron chi connectivity index (χ0n) is 18.9. The monoisotopic (exact) mass is 408 g/mol. The van der Waals surface area contributed by atoms with Gasteiger partial charge in [-0.15, -0.1) is 0 Å². The van der Waals surface area contributed by atoms with Crippen molar-refractivity contribution in [3.63, 3.8) is 0 Å². The van der Waals surface area contributed by atoms with Crippen molar-refractivity contribution < 1.29 is 14.6 Å². The molecule has 162 valence electrons. The molecule has 1 aliphatic rings. The van der Waals surface area contributed by atoms with Crippen LogP contribution in [-0.2, 0) is 4.74 Å². The van der Waals surface area contributed by atoms with Gasteiger partial charge >= 0.3 is 0 Å². The first-order valence-electron chi connectivity index (χ1n) is 11.0. The summed E-state index contributed by atoms with van der Waals surface area (Å²) in [5.41, 5.74) is 6.05. The highest BCUT2D eigenvalue weighted by molar-refractivity contribution is 5.82. The summed E-state index contributed by atoms with van der Waals surface area (Å²) in [5.74, 6) is 0.841. The Morgan fingerprint density at radius 3 is 2.00 bits per heavy atom. The van der Waals surface area contributed by atoms with Gasteiger partial charge in [0.25, 0.3) is 0 Å². The van der Waals surface area contributed by atoms with Crippen molar-refractivity contribution in [3.8, 4) is 5.75 Å². The van der Waals surface area contributed by atoms with Crippen LogP contribution in [-0.4, -0.2) is 31.5 Å². The van der Waals surface area contributed by atoms with Crippen molar-refractivity contribution >= 4 is 5.57 Å². The molecule has 0 amide bonds. The maximum absolute atomic E-state index is 8.76. The Morgan fingerprint density at radius 2 is 1.40 bits per heavy atom. The third kappa shape index (κ3) is 6.20. The number of hydrogen-bond acceptors (Lipinski definition) is 3. The highest BCUT2D eigenvalue weighted by Gasteiger charge is 2.37. The number of ether oxygens (including phenoxy) is 2. The van der Waals surface area contributed by atoms with Gasteiger partial charge in [-0.05, 0) is 58.9 Å². The van der Waals surface area contributed by atoms with E-state index in [-0.39, 0.29) is 6.61 Å². The molecule has 0 saturated heterocycles. The van der Waals surface area contributed by atoms with Crippen LogP contribution in [0.15, 0.2) is 60.2 Å². The first-order valence-corrected chi connectivity index (χ1v) is 11.0. The summed E-state index contributed by atoms with van der Waals surface area (Å²) in [4.78, 5) is 0. The van der Waals surface area contributed by atoms with Gasteiger partial charge in [0.15, 0.2) is 0 Å². The highest BCUT2D eigenvalue weighted by atomic mass is 16.5. The molecule has 0 atom stereocenters. The maximum atomic E-state index is 8.76. The lowest BCUT2D eigenvalue weighted by Gasteiger charge is -2.43. The summed E-state index contributed by atoms with van der Waals surface area (Å²) in [6, 6.07) is 19.2. The largest absolute Gasteiger partial charge is 0.491 e. The first-order chi connectivity index (χ1) is 14.3. The van der Waals surface area contributed by atoms with Crippen LogP contribution in [0.4, 0.5) is 0 Å². The molecule has 0 heterocycles. The Kier molecular flexibility index (Phi) is 7.38. The molecule has 0 aliphatic heterocycles. The van der Waals surface area contributed by atoms with E-state index in [2.05, 4.69) is 70.2 Å². The number of benzene rings is 2. The minimum absolute atomic E-state index is 0.0409. The molecule has 1 saturated carbocycles. The van der Waals surface area contributed by atoms with Crippen LogP contribution < -0.4 is 4.74 Å². The Hall–Kier alpha value is -2.10. The summed E-state index contributed by atoms with van der Waals surface area (Å²) in [6.45, 7) is 10.9. The summed E-state index contributed by atoms with van der Waals surface area (Å²) in [7, 11) is 0. The van der Waals surface area contributed by atoms with Gasteiger partial charge in [-0.2, -0.15) is 0 Å². The molecule has 3 heteroatoms. The van der Waals surface area contributed by atoms with Crippen LogP contribution in [0.3, 0.4) is 0 Å². The highest BCUT2D eigenvalue weighted by Crippen LogP contribution is 2.50. The Morgan fingerprint density at radius 1 is 0.800 bits per heavy atom. The van der Waals surface area contributed by atoms with Crippen LogP contribution >= 0.6 is 0 Å². The predicted octanol–water partition coefficient (Wildman–Crippen LogP) is 6.11. The van der Waals surface area contributed by atoms with Crippen molar-refractivity contribution in [1.82, 2.24) is 0 Å². The molecule has 0 aromatic heterocycles. The van der Waals surface area contributed by atoms with E-state index in [9.17, 15) is 0 Å². The van der Waals surface area contributed by atoms with Crippen LogP contribution in [0.5, 0.6) is 5.75 Å². The molecule has 0 spiro atoms. The van der Waals surface area contributed by atoms with Gasteiger partial charge in [-0.25, -0.2) is 0 Å². The minimum Gasteiger partial charge on any atom is -0.491 e. The molecule has 0 bridgehead atoms. The third-order valence-corrected chi connectivity index (χ3v) is 5.63. The minimum atomic E-state index is 0.0409. The molecule has 1 aliphatic carbocycles. The van der Waals surface area contributed by atoms with Crippen LogP contribution in [0, 0.1) is 10.8 Å². The van der Waals surface area contributed by atoms with Crippen molar-refractivity contribution in [1.29, 1.82) is 0 Å². The zero-order valence-corrected chi connectivity index (χ0v) is 18.9. The van der Waals surface area contributed by atoms with Crippen molar-refractivity contribution in [3.05, 3.63) is 71.3 Å². The quantitative estimate of drug-likeness (QED) is 0.535. The standard InChI is InChI=1S/C27H36O3/c1-26(2)18-23(19-27(3,4)20-26)25(21-8-6-5-7-9-21)22-10-12-24(13-11-22)30-17-16-29-15-14-28/h5-13,28H,14-20H2,1-4H3.